The van der Waals surface area contributed by atoms with Crippen LogP contribution in [-0.2, 0) is 13.1 Å². The predicted octanol–water partition coefficient (Wildman–Crippen LogP) is 9.50. The summed E-state index contributed by atoms with van der Waals surface area (Å²) in [5.41, 5.74) is 9.94. The van der Waals surface area contributed by atoms with E-state index in [1.807, 2.05) is 69.8 Å². The van der Waals surface area contributed by atoms with Crippen LogP contribution < -0.4 is 21.9 Å². The highest BCUT2D eigenvalue weighted by molar-refractivity contribution is 9.11. The molecule has 57 heavy (non-hydrogen) atoms. The molecule has 0 aliphatic rings. The van der Waals surface area contributed by atoms with Crippen molar-refractivity contribution in [3.05, 3.63) is 181 Å². The largest absolute Gasteiger partial charge is 0.477 e. The second kappa shape index (κ2) is 19.0. The van der Waals surface area contributed by atoms with E-state index in [2.05, 4.69) is 47.1 Å². The van der Waals surface area contributed by atoms with Crippen molar-refractivity contribution >= 4 is 111 Å². The number of nitrogens with zero attached hydrogens (tertiary/aromatic N) is 4. The molecule has 4 N–H and O–H groups in total. The van der Waals surface area contributed by atoms with Gasteiger partial charge >= 0.3 is 5.97 Å². The lowest BCUT2D eigenvalue weighted by molar-refractivity contribution is 0.0701. The van der Waals surface area contributed by atoms with Crippen LogP contribution in [-0.4, -0.2) is 36.1 Å². The van der Waals surface area contributed by atoms with Gasteiger partial charge in [-0.2, -0.15) is 0 Å². The summed E-state index contributed by atoms with van der Waals surface area (Å²) in [5, 5.41) is 13.5. The number of carbonyl (C=O) groups excluding carboxylic acids is 1. The molecule has 0 unspecified atom stereocenters. The molecule has 0 aliphatic carbocycles. The lowest BCUT2D eigenvalue weighted by atomic mass is 10.1. The van der Waals surface area contributed by atoms with E-state index in [0.717, 1.165) is 28.2 Å². The highest BCUT2D eigenvalue weighted by Crippen LogP contribution is 2.24. The molecule has 0 spiro atoms. The highest BCUT2D eigenvalue weighted by atomic mass is 79.9. The molecule has 0 atom stereocenters. The maximum atomic E-state index is 13.0. The van der Waals surface area contributed by atoms with Crippen LogP contribution in [0.15, 0.2) is 139 Å². The zero-order valence-electron chi connectivity index (χ0n) is 29.2. The summed E-state index contributed by atoms with van der Waals surface area (Å²) in [6.45, 7) is 0.322. The van der Waals surface area contributed by atoms with Gasteiger partial charge in [0.25, 0.3) is 5.91 Å². The average molecular weight is 968 g/mol. The molecule has 0 aliphatic heterocycles. The van der Waals surface area contributed by atoms with Gasteiger partial charge in [-0.15, -0.1) is 22.7 Å². The molecule has 0 bridgehead atoms. The number of carboxylic acid groups (broad SMARTS) is 1. The number of aromatic nitrogens is 4. The Balaban J connectivity index is 0.000000164. The zero-order valence-corrected chi connectivity index (χ0v) is 35.6. The van der Waals surface area contributed by atoms with E-state index < -0.39 is 5.97 Å². The fraction of sp³-hybridized carbons (Fsp3) is 0.0500. The number of hydrogen-bond donors (Lipinski definition) is 3. The van der Waals surface area contributed by atoms with Crippen LogP contribution in [0.2, 0.25) is 10.0 Å². The summed E-state index contributed by atoms with van der Waals surface area (Å²) in [7, 11) is 0. The Bertz CT molecular complexity index is 2850. The van der Waals surface area contributed by atoms with Crippen molar-refractivity contribution in [1.29, 1.82) is 0 Å². The van der Waals surface area contributed by atoms with Crippen molar-refractivity contribution in [3.8, 4) is 11.4 Å². The van der Waals surface area contributed by atoms with Gasteiger partial charge in [-0.3, -0.25) is 14.4 Å². The van der Waals surface area contributed by atoms with Gasteiger partial charge in [0.05, 0.1) is 23.4 Å². The minimum atomic E-state index is -0.932. The normalized spacial score (nSPS) is 10.7. The van der Waals surface area contributed by atoms with Crippen LogP contribution in [0.25, 0.3) is 33.2 Å². The molecule has 1 amide bonds. The fourth-order valence-corrected chi connectivity index (χ4v) is 8.17. The third kappa shape index (κ3) is 10.1. The number of pyridine rings is 2. The molecule has 288 valence electrons. The van der Waals surface area contributed by atoms with E-state index in [9.17, 15) is 19.2 Å². The number of carboxylic acids is 1. The Labute approximate surface area is 359 Å². The first-order chi connectivity index (χ1) is 27.4. The summed E-state index contributed by atoms with van der Waals surface area (Å²) in [5.74, 6) is -1.21. The highest BCUT2D eigenvalue weighted by Gasteiger charge is 2.15. The SMILES string of the molecule is NCc1cn(-c2ccccc2)c2cc(Cl)ccc2c1=O.O=C(NCc1cn(-c2ccccc2)c2cc(Cl)ccc2c1=O)c1cnc(Br)s1.O=C(O)c1cnc(Br)s1. The maximum absolute atomic E-state index is 13.0. The van der Waals surface area contributed by atoms with Gasteiger partial charge in [-0.1, -0.05) is 59.6 Å². The minimum absolute atomic E-state index is 0.0358. The lowest BCUT2D eigenvalue weighted by Gasteiger charge is -2.14. The molecular weight excluding hydrogens is 939 g/mol. The number of fused-ring (bicyclic) bond motifs is 2. The smallest absolute Gasteiger partial charge is 0.347 e. The molecule has 4 heterocycles. The monoisotopic (exact) mass is 964 g/mol. The third-order valence-corrected chi connectivity index (χ3v) is 11.6. The molecule has 0 fully saturated rings. The summed E-state index contributed by atoms with van der Waals surface area (Å²) < 4.78 is 5.09. The van der Waals surface area contributed by atoms with Crippen molar-refractivity contribution in [2.75, 3.05) is 0 Å². The molecule has 0 radical (unpaired) electrons. The standard InChI is InChI=1S/C20H13BrClN3O2S.C16H13ClN2O.C4H2BrNO2S/c21-20-24-10-17(28-20)19(27)23-9-12-11-25(14-4-2-1-3-5-14)16-8-13(22)6-7-15(16)18(12)26;17-12-6-7-14-15(8-12)19(10-11(9-18)16(14)20)13-4-2-1-3-5-13;5-4-6-1-2(9-4)3(7)8/h1-8,10-11H,9H2,(H,23,27);1-8,10H,9,18H2;1H,(H,7,8). The fourth-order valence-electron chi connectivity index (χ4n) is 5.55. The summed E-state index contributed by atoms with van der Waals surface area (Å²) >= 11 is 20.8. The molecule has 0 saturated carbocycles. The van der Waals surface area contributed by atoms with Gasteiger partial charge in [-0.05, 0) is 92.5 Å². The number of amides is 1. The van der Waals surface area contributed by atoms with E-state index in [1.165, 1.54) is 23.7 Å². The number of halogens is 4. The molecule has 4 aromatic carbocycles. The Morgan fingerprint density at radius 3 is 1.58 bits per heavy atom. The number of carbonyl (C=O) groups is 2. The minimum Gasteiger partial charge on any atom is -0.477 e. The molecule has 0 saturated heterocycles. The Hall–Kier alpha value is -5.00. The van der Waals surface area contributed by atoms with Gasteiger partial charge in [-0.25, -0.2) is 14.8 Å². The number of aromatic carboxylic acids is 1. The number of nitrogens with one attached hydrogen (secondary N) is 1. The first kappa shape index (κ1) is 41.6. The summed E-state index contributed by atoms with van der Waals surface area (Å²) in [4.78, 5) is 56.2. The van der Waals surface area contributed by atoms with Crippen molar-refractivity contribution < 1.29 is 14.7 Å². The van der Waals surface area contributed by atoms with Gasteiger partial charge < -0.3 is 25.3 Å². The average Bonchev–Trinajstić information content (AvgIpc) is 3.87. The van der Waals surface area contributed by atoms with Crippen LogP contribution in [0, 0.1) is 0 Å². The van der Waals surface area contributed by atoms with Crippen molar-refractivity contribution in [1.82, 2.24) is 24.4 Å². The number of para-hydroxylation sites is 2. The Morgan fingerprint density at radius 2 is 1.16 bits per heavy atom. The molecule has 8 rings (SSSR count). The maximum Gasteiger partial charge on any atom is 0.347 e. The Morgan fingerprint density at radius 1 is 0.702 bits per heavy atom. The second-order valence-corrected chi connectivity index (χ2v) is 17.3. The van der Waals surface area contributed by atoms with E-state index in [4.69, 9.17) is 34.0 Å². The quantitative estimate of drug-likeness (QED) is 0.142. The molecule has 11 nitrogen and oxygen atoms in total. The second-order valence-electron chi connectivity index (χ2n) is 11.8. The summed E-state index contributed by atoms with van der Waals surface area (Å²) in [6, 6.07) is 29.9. The zero-order chi connectivity index (χ0) is 40.6. The number of hydrogen-bond acceptors (Lipinski definition) is 9. The van der Waals surface area contributed by atoms with Crippen LogP contribution in [0.4, 0.5) is 0 Å². The summed E-state index contributed by atoms with van der Waals surface area (Å²) in [6.07, 6.45) is 6.35. The topological polar surface area (TPSA) is 162 Å². The van der Waals surface area contributed by atoms with Crippen LogP contribution in [0.3, 0.4) is 0 Å². The van der Waals surface area contributed by atoms with Gasteiger partial charge in [0.2, 0.25) is 0 Å². The first-order valence-corrected chi connectivity index (χ1v) is 20.6. The number of rotatable bonds is 7. The molecule has 17 heteroatoms. The molecular formula is C40H28Br2Cl2N6O5S2. The van der Waals surface area contributed by atoms with Crippen LogP contribution in [0.1, 0.15) is 30.5 Å². The Kier molecular flexibility index (Phi) is 13.8. The van der Waals surface area contributed by atoms with E-state index in [0.29, 0.717) is 50.2 Å². The molecule has 8 aromatic rings. The van der Waals surface area contributed by atoms with Gasteiger partial charge in [0.1, 0.15) is 9.75 Å². The van der Waals surface area contributed by atoms with Gasteiger partial charge in [0, 0.05) is 68.8 Å². The third-order valence-electron chi connectivity index (χ3n) is 8.20. The van der Waals surface area contributed by atoms with Crippen LogP contribution in [0.5, 0.6) is 0 Å². The number of thiazole rings is 2. The first-order valence-electron chi connectivity index (χ1n) is 16.7. The van der Waals surface area contributed by atoms with Crippen molar-refractivity contribution in [2.24, 2.45) is 5.73 Å². The van der Waals surface area contributed by atoms with Crippen molar-refractivity contribution in [2.45, 2.75) is 13.1 Å². The number of nitrogens with two attached hydrogens (primary N) is 1. The van der Waals surface area contributed by atoms with E-state index >= 15 is 0 Å². The lowest BCUT2D eigenvalue weighted by Crippen LogP contribution is -2.26. The van der Waals surface area contributed by atoms with Crippen molar-refractivity contribution in [3.63, 3.8) is 0 Å². The van der Waals surface area contributed by atoms with Crippen LogP contribution >= 0.6 is 77.7 Å². The number of benzene rings is 4. The predicted molar refractivity (Wildman–Crippen MR) is 235 cm³/mol. The molecule has 4 aromatic heterocycles. The van der Waals surface area contributed by atoms with E-state index in [1.54, 1.807) is 48.8 Å². The van der Waals surface area contributed by atoms with Gasteiger partial charge in [0.15, 0.2) is 18.7 Å². The van der Waals surface area contributed by atoms with E-state index in [-0.39, 0.29) is 34.7 Å².